The molecule has 0 unspecified atom stereocenters. The fourth-order valence-corrected chi connectivity index (χ4v) is 3.15. The lowest BCUT2D eigenvalue weighted by molar-refractivity contribution is -0.124. The van der Waals surface area contributed by atoms with Crippen LogP contribution in [0.5, 0.6) is 0 Å². The Morgan fingerprint density at radius 2 is 1.64 bits per heavy atom. The van der Waals surface area contributed by atoms with Gasteiger partial charge in [0, 0.05) is 6.26 Å². The molecule has 0 radical (unpaired) electrons. The molecule has 0 spiro atoms. The first-order valence-corrected chi connectivity index (χ1v) is 9.48. The van der Waals surface area contributed by atoms with Gasteiger partial charge in [-0.2, -0.15) is 0 Å². The van der Waals surface area contributed by atoms with E-state index in [0.717, 1.165) is 11.8 Å². The zero-order valence-electron chi connectivity index (χ0n) is 13.9. The minimum absolute atomic E-state index is 0.0890. The number of carbonyl (C=O) groups is 2. The molecule has 0 aliphatic rings. The van der Waals surface area contributed by atoms with Crippen molar-refractivity contribution in [2.24, 2.45) is 0 Å². The van der Waals surface area contributed by atoms with Gasteiger partial charge in [-0.25, -0.2) is 13.2 Å². The molecule has 132 valence electrons. The van der Waals surface area contributed by atoms with Crippen LogP contribution >= 0.6 is 0 Å². The monoisotopic (exact) mass is 361 g/mol. The standard InChI is InChI=1S/C18H19NO5S/c1-13(14-8-4-3-5-9-14)19-17(20)12-24-18(21)15-10-6-7-11-16(15)25(2,22)23/h3-11,13H,12H2,1-2H3,(H,19,20)/t13-/m0/s1. The third-order valence-corrected chi connectivity index (χ3v) is 4.67. The maximum absolute atomic E-state index is 12.1. The van der Waals surface area contributed by atoms with E-state index in [0.29, 0.717) is 0 Å². The number of carbonyl (C=O) groups excluding carboxylic acids is 2. The highest BCUT2D eigenvalue weighted by molar-refractivity contribution is 7.90. The number of esters is 1. The maximum atomic E-state index is 12.1. The fourth-order valence-electron chi connectivity index (χ4n) is 2.28. The molecule has 1 atom stereocenters. The van der Waals surface area contributed by atoms with Crippen LogP contribution in [0.2, 0.25) is 0 Å². The second-order valence-corrected chi connectivity index (χ2v) is 7.53. The fraction of sp³-hybridized carbons (Fsp3) is 0.222. The summed E-state index contributed by atoms with van der Waals surface area (Å²) >= 11 is 0. The largest absolute Gasteiger partial charge is 0.452 e. The molecule has 1 amide bonds. The number of nitrogens with one attached hydrogen (secondary N) is 1. The van der Waals surface area contributed by atoms with Crippen molar-refractivity contribution in [3.63, 3.8) is 0 Å². The average molecular weight is 361 g/mol. The molecule has 0 fully saturated rings. The summed E-state index contributed by atoms with van der Waals surface area (Å²) in [7, 11) is -3.57. The summed E-state index contributed by atoms with van der Waals surface area (Å²) in [6.07, 6.45) is 1.01. The number of rotatable bonds is 6. The van der Waals surface area contributed by atoms with Crippen LogP contribution in [0.3, 0.4) is 0 Å². The predicted octanol–water partition coefficient (Wildman–Crippen LogP) is 2.12. The van der Waals surface area contributed by atoms with Gasteiger partial charge in [-0.3, -0.25) is 4.79 Å². The van der Waals surface area contributed by atoms with Gasteiger partial charge in [-0.05, 0) is 24.6 Å². The van der Waals surface area contributed by atoms with Crippen LogP contribution < -0.4 is 5.32 Å². The highest BCUT2D eigenvalue weighted by Gasteiger charge is 2.20. The number of hydrogen-bond acceptors (Lipinski definition) is 5. The summed E-state index contributed by atoms with van der Waals surface area (Å²) in [6.45, 7) is 1.32. The number of amides is 1. The van der Waals surface area contributed by atoms with E-state index in [2.05, 4.69) is 5.32 Å². The smallest absolute Gasteiger partial charge is 0.339 e. The van der Waals surface area contributed by atoms with Gasteiger partial charge in [0.05, 0.1) is 16.5 Å². The summed E-state index contributed by atoms with van der Waals surface area (Å²) in [6, 6.07) is 14.8. The maximum Gasteiger partial charge on any atom is 0.339 e. The molecule has 0 bridgehead atoms. The first-order chi connectivity index (χ1) is 11.8. The number of hydrogen-bond donors (Lipinski definition) is 1. The quantitative estimate of drug-likeness (QED) is 0.796. The van der Waals surface area contributed by atoms with Crippen LogP contribution in [-0.2, 0) is 19.4 Å². The molecular formula is C18H19NO5S. The Bertz CT molecular complexity index is 862. The van der Waals surface area contributed by atoms with Crippen LogP contribution in [-0.4, -0.2) is 33.2 Å². The van der Waals surface area contributed by atoms with Crippen molar-refractivity contribution >= 4 is 21.7 Å². The number of sulfone groups is 1. The summed E-state index contributed by atoms with van der Waals surface area (Å²) in [5.41, 5.74) is 0.832. The molecule has 0 aliphatic carbocycles. The van der Waals surface area contributed by atoms with Crippen LogP contribution in [0.1, 0.15) is 28.9 Å². The molecule has 1 N–H and O–H groups in total. The topological polar surface area (TPSA) is 89.5 Å². The normalized spacial score (nSPS) is 12.2. The molecule has 2 aromatic carbocycles. The lowest BCUT2D eigenvalue weighted by atomic mass is 10.1. The van der Waals surface area contributed by atoms with Crippen molar-refractivity contribution in [1.29, 1.82) is 0 Å². The Balaban J connectivity index is 1.98. The molecule has 6 nitrogen and oxygen atoms in total. The third kappa shape index (κ3) is 5.15. The van der Waals surface area contributed by atoms with Crippen LogP contribution in [0.4, 0.5) is 0 Å². The van der Waals surface area contributed by atoms with E-state index in [1.165, 1.54) is 24.3 Å². The van der Waals surface area contributed by atoms with Gasteiger partial charge >= 0.3 is 5.97 Å². The Morgan fingerprint density at radius 1 is 1.04 bits per heavy atom. The highest BCUT2D eigenvalue weighted by atomic mass is 32.2. The van der Waals surface area contributed by atoms with E-state index in [9.17, 15) is 18.0 Å². The van der Waals surface area contributed by atoms with Crippen molar-refractivity contribution in [3.8, 4) is 0 Å². The second-order valence-electron chi connectivity index (χ2n) is 5.54. The van der Waals surface area contributed by atoms with Gasteiger partial charge in [0.1, 0.15) is 0 Å². The van der Waals surface area contributed by atoms with Crippen LogP contribution in [0.15, 0.2) is 59.5 Å². The SMILES string of the molecule is C[C@H](NC(=O)COC(=O)c1ccccc1S(C)(=O)=O)c1ccccc1. The molecule has 2 rings (SSSR count). The van der Waals surface area contributed by atoms with Crippen molar-refractivity contribution in [2.45, 2.75) is 17.9 Å². The van der Waals surface area contributed by atoms with Gasteiger partial charge in [0.15, 0.2) is 16.4 Å². The number of benzene rings is 2. The van der Waals surface area contributed by atoms with Crippen molar-refractivity contribution in [2.75, 3.05) is 12.9 Å². The lowest BCUT2D eigenvalue weighted by Gasteiger charge is -2.14. The molecule has 25 heavy (non-hydrogen) atoms. The van der Waals surface area contributed by atoms with Crippen molar-refractivity contribution in [3.05, 3.63) is 65.7 Å². The Labute approximate surface area is 146 Å². The van der Waals surface area contributed by atoms with E-state index >= 15 is 0 Å². The van der Waals surface area contributed by atoms with Gasteiger partial charge in [0.25, 0.3) is 5.91 Å². The minimum atomic E-state index is -3.57. The zero-order valence-corrected chi connectivity index (χ0v) is 14.7. The summed E-state index contributed by atoms with van der Waals surface area (Å²) in [4.78, 5) is 23.9. The van der Waals surface area contributed by atoms with Gasteiger partial charge in [-0.1, -0.05) is 42.5 Å². The molecule has 0 aromatic heterocycles. The van der Waals surface area contributed by atoms with E-state index < -0.39 is 28.3 Å². The Morgan fingerprint density at radius 3 is 2.28 bits per heavy atom. The summed E-state index contributed by atoms with van der Waals surface area (Å²) in [5.74, 6) is -1.33. The van der Waals surface area contributed by atoms with Gasteiger partial charge in [-0.15, -0.1) is 0 Å². The molecule has 0 heterocycles. The summed E-state index contributed by atoms with van der Waals surface area (Å²) < 4.78 is 28.4. The summed E-state index contributed by atoms with van der Waals surface area (Å²) in [5, 5.41) is 2.71. The molecular weight excluding hydrogens is 342 g/mol. The first kappa shape index (κ1) is 18.7. The average Bonchev–Trinajstić information content (AvgIpc) is 2.59. The molecule has 0 saturated heterocycles. The van der Waals surface area contributed by atoms with Crippen molar-refractivity contribution < 1.29 is 22.7 Å². The van der Waals surface area contributed by atoms with Crippen LogP contribution in [0.25, 0.3) is 0 Å². The zero-order chi connectivity index (χ0) is 18.4. The second kappa shape index (κ2) is 7.94. The molecule has 0 saturated carbocycles. The van der Waals surface area contributed by atoms with Gasteiger partial charge in [0.2, 0.25) is 0 Å². The molecule has 0 aliphatic heterocycles. The van der Waals surface area contributed by atoms with E-state index in [-0.39, 0.29) is 16.5 Å². The Hall–Kier alpha value is -2.67. The molecule has 7 heteroatoms. The van der Waals surface area contributed by atoms with E-state index in [1.807, 2.05) is 37.3 Å². The van der Waals surface area contributed by atoms with Gasteiger partial charge < -0.3 is 10.1 Å². The third-order valence-electron chi connectivity index (χ3n) is 3.52. The van der Waals surface area contributed by atoms with Crippen molar-refractivity contribution in [1.82, 2.24) is 5.32 Å². The minimum Gasteiger partial charge on any atom is -0.452 e. The van der Waals surface area contributed by atoms with E-state index in [4.69, 9.17) is 4.74 Å². The lowest BCUT2D eigenvalue weighted by Crippen LogP contribution is -2.31. The van der Waals surface area contributed by atoms with E-state index in [1.54, 1.807) is 0 Å². The molecule has 2 aromatic rings. The van der Waals surface area contributed by atoms with Crippen LogP contribution in [0, 0.1) is 0 Å². The first-order valence-electron chi connectivity index (χ1n) is 7.59. The Kier molecular flexibility index (Phi) is 5.93. The number of ether oxygens (including phenoxy) is 1. The predicted molar refractivity (Wildman–Crippen MR) is 92.8 cm³/mol. The highest BCUT2D eigenvalue weighted by Crippen LogP contribution is 2.16.